The van der Waals surface area contributed by atoms with Crippen LogP contribution in [0.5, 0.6) is 5.88 Å². The van der Waals surface area contributed by atoms with E-state index in [2.05, 4.69) is 27.2 Å². The minimum absolute atomic E-state index is 0.0223. The number of hydrogen-bond donors (Lipinski definition) is 0. The summed E-state index contributed by atoms with van der Waals surface area (Å²) in [5.41, 5.74) is 3.43. The number of rotatable bonds is 5. The molecule has 0 aliphatic heterocycles. The molecule has 0 bridgehead atoms. The first-order valence-corrected chi connectivity index (χ1v) is 8.53. The number of aromatic nitrogens is 4. The van der Waals surface area contributed by atoms with E-state index in [1.165, 1.54) is 7.11 Å². The molecule has 4 aromatic rings. The molecule has 0 amide bonds. The number of carbonyl (C=O) groups is 1. The fraction of sp³-hybridized carbons (Fsp3) is 0.143. The predicted molar refractivity (Wildman–Crippen MR) is 103 cm³/mol. The van der Waals surface area contributed by atoms with E-state index in [4.69, 9.17) is 4.74 Å². The quantitative estimate of drug-likeness (QED) is 0.511. The highest BCUT2D eigenvalue weighted by Gasteiger charge is 2.11. The maximum atomic E-state index is 12.6. The summed E-state index contributed by atoms with van der Waals surface area (Å²) >= 11 is 0. The van der Waals surface area contributed by atoms with Crippen molar-refractivity contribution in [1.82, 2.24) is 19.7 Å². The molecule has 6 nitrogen and oxygen atoms in total. The van der Waals surface area contributed by atoms with Gasteiger partial charge in [0, 0.05) is 53.9 Å². The second-order valence-electron chi connectivity index (χ2n) is 6.33. The van der Waals surface area contributed by atoms with E-state index in [0.29, 0.717) is 11.4 Å². The molecule has 27 heavy (non-hydrogen) atoms. The van der Waals surface area contributed by atoms with Crippen LogP contribution in [0.15, 0.2) is 61.2 Å². The summed E-state index contributed by atoms with van der Waals surface area (Å²) in [6.45, 7) is 0. The molecule has 3 heterocycles. The summed E-state index contributed by atoms with van der Waals surface area (Å²) in [5.74, 6) is 0.402. The highest BCUT2D eigenvalue weighted by Crippen LogP contribution is 2.24. The third-order valence-electron chi connectivity index (χ3n) is 4.42. The van der Waals surface area contributed by atoms with Gasteiger partial charge in [0.25, 0.3) is 0 Å². The molecule has 3 aromatic heterocycles. The zero-order chi connectivity index (χ0) is 18.8. The van der Waals surface area contributed by atoms with Crippen LogP contribution >= 0.6 is 0 Å². The minimum atomic E-state index is -0.0223. The van der Waals surface area contributed by atoms with Crippen LogP contribution in [0.2, 0.25) is 0 Å². The smallest absolute Gasteiger partial charge is 0.213 e. The van der Waals surface area contributed by atoms with Gasteiger partial charge in [-0.15, -0.1) is 0 Å². The number of fused-ring (bicyclic) bond motifs is 1. The molecule has 0 saturated heterocycles. The van der Waals surface area contributed by atoms with Gasteiger partial charge >= 0.3 is 0 Å². The molecular formula is C21H18N4O2. The number of ether oxygens (including phenoxy) is 1. The topological polar surface area (TPSA) is 69.9 Å². The van der Waals surface area contributed by atoms with Crippen molar-refractivity contribution in [2.45, 2.75) is 6.42 Å². The maximum Gasteiger partial charge on any atom is 0.213 e. The SMILES string of the molecule is COc1cc(C(=O)Cc2cc3cc(-c4cnn(C)c4)ccc3cn2)ccn1. The Morgan fingerprint density at radius 1 is 1.04 bits per heavy atom. The average Bonchev–Trinajstić information content (AvgIpc) is 3.14. The number of aryl methyl sites for hydroxylation is 1. The zero-order valence-electron chi connectivity index (χ0n) is 15.1. The Morgan fingerprint density at radius 2 is 1.93 bits per heavy atom. The van der Waals surface area contributed by atoms with Crippen molar-refractivity contribution in [3.63, 3.8) is 0 Å². The van der Waals surface area contributed by atoms with Crippen LogP contribution < -0.4 is 4.74 Å². The summed E-state index contributed by atoms with van der Waals surface area (Å²) < 4.78 is 6.86. The molecule has 0 unspecified atom stereocenters. The zero-order valence-corrected chi connectivity index (χ0v) is 15.1. The summed E-state index contributed by atoms with van der Waals surface area (Å²) in [4.78, 5) is 21.0. The Labute approximate surface area is 156 Å². The van der Waals surface area contributed by atoms with E-state index in [1.807, 2.05) is 31.6 Å². The van der Waals surface area contributed by atoms with E-state index in [-0.39, 0.29) is 12.2 Å². The van der Waals surface area contributed by atoms with Crippen LogP contribution in [0.4, 0.5) is 0 Å². The van der Waals surface area contributed by atoms with Gasteiger partial charge in [-0.1, -0.05) is 12.1 Å². The lowest BCUT2D eigenvalue weighted by Gasteiger charge is -2.06. The molecule has 0 atom stereocenters. The number of nitrogens with zero attached hydrogens (tertiary/aromatic N) is 4. The molecule has 4 rings (SSSR count). The van der Waals surface area contributed by atoms with Crippen molar-refractivity contribution >= 4 is 16.6 Å². The lowest BCUT2D eigenvalue weighted by molar-refractivity contribution is 0.0991. The van der Waals surface area contributed by atoms with Gasteiger partial charge in [0.1, 0.15) is 0 Å². The van der Waals surface area contributed by atoms with Crippen molar-refractivity contribution in [2.24, 2.45) is 7.05 Å². The second kappa shape index (κ2) is 6.99. The first kappa shape index (κ1) is 16.9. The van der Waals surface area contributed by atoms with Crippen LogP contribution in [0, 0.1) is 0 Å². The molecule has 0 N–H and O–H groups in total. The number of ketones is 1. The number of benzene rings is 1. The fourth-order valence-corrected chi connectivity index (χ4v) is 2.99. The molecule has 0 fully saturated rings. The van der Waals surface area contributed by atoms with Crippen molar-refractivity contribution in [3.05, 3.63) is 72.4 Å². The summed E-state index contributed by atoms with van der Waals surface area (Å²) in [5, 5.41) is 6.30. The fourth-order valence-electron chi connectivity index (χ4n) is 2.99. The molecule has 1 aromatic carbocycles. The third-order valence-corrected chi connectivity index (χ3v) is 4.42. The number of pyridine rings is 2. The standard InChI is InChI=1S/C21H18N4O2/c1-25-13-18(12-24-25)14-3-4-16-11-23-19(8-17(16)7-14)10-20(26)15-5-6-22-21(9-15)27-2/h3-9,11-13H,10H2,1-2H3. The van der Waals surface area contributed by atoms with Crippen molar-refractivity contribution in [2.75, 3.05) is 7.11 Å². The highest BCUT2D eigenvalue weighted by molar-refractivity contribution is 5.98. The number of hydrogen-bond acceptors (Lipinski definition) is 5. The molecule has 0 radical (unpaired) electrons. The van der Waals surface area contributed by atoms with Crippen LogP contribution in [0.25, 0.3) is 21.9 Å². The monoisotopic (exact) mass is 358 g/mol. The van der Waals surface area contributed by atoms with Gasteiger partial charge in [0.2, 0.25) is 5.88 Å². The number of carbonyl (C=O) groups excluding carboxylic acids is 1. The lowest BCUT2D eigenvalue weighted by atomic mass is 10.0. The molecule has 0 spiro atoms. The van der Waals surface area contributed by atoms with Crippen LogP contribution in [-0.2, 0) is 13.5 Å². The Kier molecular flexibility index (Phi) is 4.38. The van der Waals surface area contributed by atoms with Crippen LogP contribution in [0.3, 0.4) is 0 Å². The van der Waals surface area contributed by atoms with Gasteiger partial charge in [-0.25, -0.2) is 4.98 Å². The first-order valence-electron chi connectivity index (χ1n) is 8.53. The third kappa shape index (κ3) is 3.55. The van der Waals surface area contributed by atoms with E-state index >= 15 is 0 Å². The molecule has 0 aliphatic rings. The summed E-state index contributed by atoms with van der Waals surface area (Å²) in [7, 11) is 3.42. The largest absolute Gasteiger partial charge is 0.481 e. The normalized spacial score (nSPS) is 10.9. The van der Waals surface area contributed by atoms with Gasteiger partial charge < -0.3 is 4.74 Å². The summed E-state index contributed by atoms with van der Waals surface area (Å²) in [6.07, 6.45) is 7.41. The van der Waals surface area contributed by atoms with Gasteiger partial charge in [0.05, 0.1) is 19.7 Å². The molecule has 6 heteroatoms. The Hall–Kier alpha value is -3.54. The van der Waals surface area contributed by atoms with Crippen LogP contribution in [-0.4, -0.2) is 32.6 Å². The van der Waals surface area contributed by atoms with E-state index in [1.54, 1.807) is 29.2 Å². The Balaban J connectivity index is 1.63. The predicted octanol–water partition coefficient (Wildman–Crippen LogP) is 3.46. The molecule has 0 saturated carbocycles. The van der Waals surface area contributed by atoms with Crippen molar-refractivity contribution in [3.8, 4) is 17.0 Å². The first-order chi connectivity index (χ1) is 13.1. The minimum Gasteiger partial charge on any atom is -0.481 e. The Morgan fingerprint density at radius 3 is 2.70 bits per heavy atom. The van der Waals surface area contributed by atoms with E-state index in [0.717, 1.165) is 27.6 Å². The lowest BCUT2D eigenvalue weighted by Crippen LogP contribution is -2.05. The molecule has 134 valence electrons. The van der Waals surface area contributed by atoms with Gasteiger partial charge in [-0.05, 0) is 29.1 Å². The van der Waals surface area contributed by atoms with E-state index in [9.17, 15) is 4.79 Å². The van der Waals surface area contributed by atoms with Gasteiger partial charge in [0.15, 0.2) is 5.78 Å². The highest BCUT2D eigenvalue weighted by atomic mass is 16.5. The molecular weight excluding hydrogens is 340 g/mol. The second-order valence-corrected chi connectivity index (χ2v) is 6.33. The van der Waals surface area contributed by atoms with Gasteiger partial charge in [-0.3, -0.25) is 14.5 Å². The average molecular weight is 358 g/mol. The molecule has 0 aliphatic carbocycles. The number of Topliss-reactive ketones (excluding diaryl/α,β-unsaturated/α-hetero) is 1. The summed E-state index contributed by atoms with van der Waals surface area (Å²) in [6, 6.07) is 11.5. The van der Waals surface area contributed by atoms with Gasteiger partial charge in [-0.2, -0.15) is 5.10 Å². The van der Waals surface area contributed by atoms with E-state index < -0.39 is 0 Å². The van der Waals surface area contributed by atoms with Crippen molar-refractivity contribution in [1.29, 1.82) is 0 Å². The Bertz CT molecular complexity index is 1130. The van der Waals surface area contributed by atoms with Crippen molar-refractivity contribution < 1.29 is 9.53 Å². The maximum absolute atomic E-state index is 12.6. The van der Waals surface area contributed by atoms with Crippen LogP contribution in [0.1, 0.15) is 16.1 Å². The number of methoxy groups -OCH3 is 1.